The Hall–Kier alpha value is -1.85. The van der Waals surface area contributed by atoms with E-state index in [1.807, 2.05) is 25.2 Å². The highest BCUT2D eigenvalue weighted by Crippen LogP contribution is 2.25. The molecule has 1 N–H and O–H groups in total. The van der Waals surface area contributed by atoms with E-state index in [4.69, 9.17) is 0 Å². The second kappa shape index (κ2) is 5.42. The van der Waals surface area contributed by atoms with Crippen molar-refractivity contribution in [2.75, 3.05) is 7.05 Å². The lowest BCUT2D eigenvalue weighted by Crippen LogP contribution is -2.20. The first-order chi connectivity index (χ1) is 9.36. The minimum Gasteiger partial charge on any atom is -0.311 e. The topological polar surface area (TPSA) is 50.7 Å². The second-order valence-corrected chi connectivity index (χ2v) is 5.37. The van der Waals surface area contributed by atoms with Crippen molar-refractivity contribution in [2.45, 2.75) is 12.5 Å². The molecule has 0 radical (unpaired) electrons. The van der Waals surface area contributed by atoms with Crippen LogP contribution in [0.15, 0.2) is 42.9 Å². The third kappa shape index (κ3) is 2.62. The van der Waals surface area contributed by atoms with E-state index in [-0.39, 0.29) is 6.04 Å². The van der Waals surface area contributed by atoms with Crippen LogP contribution >= 0.6 is 11.3 Å². The Bertz CT molecular complexity index is 632. The van der Waals surface area contributed by atoms with E-state index >= 15 is 0 Å². The summed E-state index contributed by atoms with van der Waals surface area (Å²) in [5.41, 5.74) is 2.01. The average Bonchev–Trinajstić information content (AvgIpc) is 2.88. The van der Waals surface area contributed by atoms with Crippen molar-refractivity contribution in [1.29, 1.82) is 0 Å². The van der Waals surface area contributed by atoms with Crippen LogP contribution in [0.2, 0.25) is 0 Å². The fraction of sp³-hybridized carbons (Fsp3) is 0.214. The zero-order valence-electron chi connectivity index (χ0n) is 10.6. The largest absolute Gasteiger partial charge is 0.311 e. The van der Waals surface area contributed by atoms with Gasteiger partial charge >= 0.3 is 0 Å². The lowest BCUT2D eigenvalue weighted by Gasteiger charge is -2.13. The highest BCUT2D eigenvalue weighted by Gasteiger charge is 2.14. The molecule has 1 atom stereocenters. The summed E-state index contributed by atoms with van der Waals surface area (Å²) in [7, 11) is 1.94. The first-order valence-electron chi connectivity index (χ1n) is 6.14. The molecule has 19 heavy (non-hydrogen) atoms. The van der Waals surface area contributed by atoms with Crippen LogP contribution in [-0.4, -0.2) is 22.0 Å². The van der Waals surface area contributed by atoms with Crippen LogP contribution in [0.4, 0.5) is 0 Å². The zero-order valence-corrected chi connectivity index (χ0v) is 11.4. The van der Waals surface area contributed by atoms with Crippen molar-refractivity contribution in [3.63, 3.8) is 0 Å². The number of benzene rings is 1. The standard InChI is InChI=1S/C14H14N4S/c1-15-11(12-9-16-6-7-17-12)8-14-18-10-4-2-3-5-13(10)19-14/h2-7,9,11,15H,8H2,1H3. The van der Waals surface area contributed by atoms with Crippen molar-refractivity contribution < 1.29 is 0 Å². The molecule has 0 aliphatic carbocycles. The van der Waals surface area contributed by atoms with Gasteiger partial charge in [0.2, 0.25) is 0 Å². The molecule has 0 amide bonds. The van der Waals surface area contributed by atoms with Crippen molar-refractivity contribution in [3.8, 4) is 0 Å². The summed E-state index contributed by atoms with van der Waals surface area (Å²) in [4.78, 5) is 13.1. The Balaban J connectivity index is 1.86. The summed E-state index contributed by atoms with van der Waals surface area (Å²) in [5.74, 6) is 0. The molecule has 0 aliphatic heterocycles. The Kier molecular flexibility index (Phi) is 3.48. The van der Waals surface area contributed by atoms with Gasteiger partial charge in [-0.2, -0.15) is 0 Å². The van der Waals surface area contributed by atoms with Gasteiger partial charge in [-0.25, -0.2) is 4.98 Å². The fourth-order valence-corrected chi connectivity index (χ4v) is 3.04. The lowest BCUT2D eigenvalue weighted by molar-refractivity contribution is 0.572. The van der Waals surface area contributed by atoms with Crippen molar-refractivity contribution in [1.82, 2.24) is 20.3 Å². The van der Waals surface area contributed by atoms with Crippen molar-refractivity contribution >= 4 is 21.6 Å². The first-order valence-corrected chi connectivity index (χ1v) is 6.96. The Morgan fingerprint density at radius 3 is 2.89 bits per heavy atom. The number of fused-ring (bicyclic) bond motifs is 1. The first kappa shape index (κ1) is 12.2. The molecule has 5 heteroatoms. The van der Waals surface area contributed by atoms with Crippen LogP contribution in [0.1, 0.15) is 16.7 Å². The van der Waals surface area contributed by atoms with Crippen molar-refractivity contribution in [2.24, 2.45) is 0 Å². The smallest absolute Gasteiger partial charge is 0.0958 e. The number of aromatic nitrogens is 3. The van der Waals surface area contributed by atoms with Crippen LogP contribution in [0.25, 0.3) is 10.2 Å². The minimum absolute atomic E-state index is 0.147. The molecule has 2 aromatic heterocycles. The van der Waals surface area contributed by atoms with E-state index < -0.39 is 0 Å². The van der Waals surface area contributed by atoms with Gasteiger partial charge in [-0.15, -0.1) is 11.3 Å². The Morgan fingerprint density at radius 1 is 1.26 bits per heavy atom. The van der Waals surface area contributed by atoms with E-state index in [2.05, 4.69) is 26.3 Å². The summed E-state index contributed by atoms with van der Waals surface area (Å²) in [6.45, 7) is 0. The maximum atomic E-state index is 4.66. The molecule has 0 saturated carbocycles. The molecule has 0 saturated heterocycles. The third-order valence-corrected chi connectivity index (χ3v) is 4.06. The Labute approximate surface area is 115 Å². The molecule has 0 bridgehead atoms. The molecular formula is C14H14N4S. The van der Waals surface area contributed by atoms with Gasteiger partial charge in [0.15, 0.2) is 0 Å². The van der Waals surface area contributed by atoms with Crippen LogP contribution < -0.4 is 5.32 Å². The molecule has 0 aliphatic rings. The van der Waals surface area contributed by atoms with Crippen LogP contribution in [0.5, 0.6) is 0 Å². The van der Waals surface area contributed by atoms with E-state index in [1.165, 1.54) is 4.70 Å². The minimum atomic E-state index is 0.147. The van der Waals surface area contributed by atoms with Gasteiger partial charge in [-0.1, -0.05) is 12.1 Å². The molecule has 4 nitrogen and oxygen atoms in total. The van der Waals surface area contributed by atoms with E-state index in [0.29, 0.717) is 0 Å². The number of thiazole rings is 1. The van der Waals surface area contributed by atoms with E-state index in [1.54, 1.807) is 29.9 Å². The van der Waals surface area contributed by atoms with Gasteiger partial charge in [0.25, 0.3) is 0 Å². The zero-order chi connectivity index (χ0) is 13.1. The molecule has 2 heterocycles. The molecule has 3 rings (SSSR count). The van der Waals surface area contributed by atoms with Crippen LogP contribution in [0.3, 0.4) is 0 Å². The molecule has 1 aromatic carbocycles. The van der Waals surface area contributed by atoms with Crippen LogP contribution in [-0.2, 0) is 6.42 Å². The molecular weight excluding hydrogens is 256 g/mol. The molecule has 96 valence electrons. The molecule has 3 aromatic rings. The van der Waals surface area contributed by atoms with Gasteiger partial charge < -0.3 is 5.32 Å². The highest BCUT2D eigenvalue weighted by atomic mass is 32.1. The average molecular weight is 270 g/mol. The van der Waals surface area contributed by atoms with Gasteiger partial charge in [0.1, 0.15) is 0 Å². The number of nitrogens with zero attached hydrogens (tertiary/aromatic N) is 3. The SMILES string of the molecule is CNC(Cc1nc2ccccc2s1)c1cnccn1. The number of nitrogens with one attached hydrogen (secondary N) is 1. The monoisotopic (exact) mass is 270 g/mol. The number of para-hydroxylation sites is 1. The summed E-state index contributed by atoms with van der Waals surface area (Å²) in [6, 6.07) is 8.36. The van der Waals surface area contributed by atoms with Gasteiger partial charge in [-0.05, 0) is 19.2 Å². The van der Waals surface area contributed by atoms with Gasteiger partial charge in [-0.3, -0.25) is 9.97 Å². The number of likely N-dealkylation sites (N-methyl/N-ethyl adjacent to an activating group) is 1. The van der Waals surface area contributed by atoms with E-state index in [0.717, 1.165) is 22.6 Å². The fourth-order valence-electron chi connectivity index (χ4n) is 2.03. The second-order valence-electron chi connectivity index (χ2n) is 4.25. The number of rotatable bonds is 4. The summed E-state index contributed by atoms with van der Waals surface area (Å²) < 4.78 is 1.23. The normalized spacial score (nSPS) is 12.7. The quantitative estimate of drug-likeness (QED) is 0.791. The summed E-state index contributed by atoms with van der Waals surface area (Å²) in [5, 5.41) is 4.39. The molecule has 1 unspecified atom stereocenters. The number of hydrogen-bond acceptors (Lipinski definition) is 5. The molecule has 0 fully saturated rings. The predicted octanol–water partition coefficient (Wildman–Crippen LogP) is 2.59. The predicted molar refractivity (Wildman–Crippen MR) is 77.2 cm³/mol. The maximum absolute atomic E-state index is 4.66. The third-order valence-electron chi connectivity index (χ3n) is 3.01. The Morgan fingerprint density at radius 2 is 2.16 bits per heavy atom. The van der Waals surface area contributed by atoms with Crippen LogP contribution in [0, 0.1) is 0 Å². The van der Waals surface area contributed by atoms with E-state index in [9.17, 15) is 0 Å². The highest BCUT2D eigenvalue weighted by molar-refractivity contribution is 7.18. The lowest BCUT2D eigenvalue weighted by atomic mass is 10.1. The maximum Gasteiger partial charge on any atom is 0.0958 e. The summed E-state index contributed by atoms with van der Waals surface area (Å²) in [6.07, 6.45) is 6.04. The summed E-state index contributed by atoms with van der Waals surface area (Å²) >= 11 is 1.74. The number of hydrogen-bond donors (Lipinski definition) is 1. The molecule has 0 spiro atoms. The van der Waals surface area contributed by atoms with Gasteiger partial charge in [0, 0.05) is 25.0 Å². The van der Waals surface area contributed by atoms with Gasteiger partial charge in [0.05, 0.1) is 27.0 Å². The van der Waals surface area contributed by atoms with Crippen molar-refractivity contribution in [3.05, 3.63) is 53.6 Å².